The number of β-lactam (4-membered cyclic amide) rings is 1. The Kier molecular flexibility index (Phi) is 7.58. The van der Waals surface area contributed by atoms with Crippen LogP contribution in [0.15, 0.2) is 24.3 Å². The zero-order valence-corrected chi connectivity index (χ0v) is 17.1. The average Bonchev–Trinajstić information content (AvgIpc) is 2.65. The highest BCUT2D eigenvalue weighted by Crippen LogP contribution is 2.32. The Hall–Kier alpha value is -2.91. The SMILES string of the molecule is CC(=O)NCCS[C@H]1[C@H](NC(=O)OCc2ccc([N+](=O)[O-])cc2)C(=O)N1S(=O)(=O)O. The van der Waals surface area contributed by atoms with Crippen molar-refractivity contribution >= 4 is 45.7 Å². The maximum atomic E-state index is 12.0. The predicted molar refractivity (Wildman–Crippen MR) is 104 cm³/mol. The van der Waals surface area contributed by atoms with Crippen molar-refractivity contribution in [1.29, 1.82) is 0 Å². The molecule has 3 amide bonds. The molecule has 0 unspecified atom stereocenters. The van der Waals surface area contributed by atoms with E-state index in [9.17, 15) is 37.5 Å². The molecule has 0 saturated carbocycles. The van der Waals surface area contributed by atoms with E-state index in [1.54, 1.807) is 0 Å². The molecule has 1 aromatic rings. The molecule has 13 nitrogen and oxygen atoms in total. The van der Waals surface area contributed by atoms with Gasteiger partial charge in [0.15, 0.2) is 0 Å². The number of nitro groups is 1. The first-order valence-corrected chi connectivity index (χ1v) is 10.8. The molecule has 1 aromatic carbocycles. The van der Waals surface area contributed by atoms with E-state index in [-0.39, 0.29) is 34.8 Å². The van der Waals surface area contributed by atoms with Gasteiger partial charge in [-0.2, -0.15) is 12.7 Å². The Morgan fingerprint density at radius 2 is 1.97 bits per heavy atom. The van der Waals surface area contributed by atoms with Crippen LogP contribution in [0, 0.1) is 10.1 Å². The smallest absolute Gasteiger partial charge is 0.408 e. The van der Waals surface area contributed by atoms with E-state index < -0.39 is 38.6 Å². The maximum absolute atomic E-state index is 12.0. The van der Waals surface area contributed by atoms with Gasteiger partial charge in [-0.25, -0.2) is 4.79 Å². The second-order valence-electron chi connectivity index (χ2n) is 5.98. The minimum Gasteiger partial charge on any atom is -0.445 e. The van der Waals surface area contributed by atoms with E-state index in [2.05, 4.69) is 10.6 Å². The van der Waals surface area contributed by atoms with Gasteiger partial charge in [-0.05, 0) is 17.7 Å². The van der Waals surface area contributed by atoms with Crippen LogP contribution in [0.2, 0.25) is 0 Å². The van der Waals surface area contributed by atoms with Gasteiger partial charge < -0.3 is 15.4 Å². The summed E-state index contributed by atoms with van der Waals surface area (Å²) >= 11 is 0.930. The first kappa shape index (κ1) is 23.4. The van der Waals surface area contributed by atoms with E-state index in [4.69, 9.17) is 4.74 Å². The van der Waals surface area contributed by atoms with Crippen molar-refractivity contribution < 1.29 is 37.0 Å². The number of carbonyl (C=O) groups excluding carboxylic acids is 3. The lowest BCUT2D eigenvalue weighted by Crippen LogP contribution is -2.70. The second-order valence-corrected chi connectivity index (χ2v) is 8.49. The summed E-state index contributed by atoms with van der Waals surface area (Å²) in [7, 11) is -4.82. The van der Waals surface area contributed by atoms with Crippen LogP contribution in [-0.2, 0) is 31.2 Å². The van der Waals surface area contributed by atoms with Gasteiger partial charge in [0.25, 0.3) is 11.6 Å². The molecule has 3 N–H and O–H groups in total. The third-order valence-electron chi connectivity index (χ3n) is 3.80. The fourth-order valence-electron chi connectivity index (χ4n) is 2.42. The minimum atomic E-state index is -4.82. The van der Waals surface area contributed by atoms with Gasteiger partial charge in [0.2, 0.25) is 5.91 Å². The Labute approximate surface area is 175 Å². The summed E-state index contributed by atoms with van der Waals surface area (Å²) in [6.45, 7) is 1.24. The number of carbonyl (C=O) groups is 3. The monoisotopic (exact) mass is 462 g/mol. The van der Waals surface area contributed by atoms with E-state index in [0.717, 1.165) is 11.8 Å². The van der Waals surface area contributed by atoms with Crippen LogP contribution in [0.1, 0.15) is 12.5 Å². The summed E-state index contributed by atoms with van der Waals surface area (Å²) in [5.74, 6) is -1.13. The van der Waals surface area contributed by atoms with Crippen molar-refractivity contribution in [1.82, 2.24) is 14.9 Å². The summed E-state index contributed by atoms with van der Waals surface area (Å²) < 4.78 is 37.1. The highest BCUT2D eigenvalue weighted by Gasteiger charge is 2.54. The topological polar surface area (TPSA) is 185 Å². The Morgan fingerprint density at radius 3 is 2.50 bits per heavy atom. The van der Waals surface area contributed by atoms with E-state index in [0.29, 0.717) is 5.56 Å². The first-order valence-electron chi connectivity index (χ1n) is 8.34. The molecule has 0 aliphatic carbocycles. The molecule has 1 aliphatic rings. The number of benzene rings is 1. The van der Waals surface area contributed by atoms with E-state index in [1.165, 1.54) is 31.2 Å². The van der Waals surface area contributed by atoms with E-state index in [1.807, 2.05) is 0 Å². The molecule has 1 heterocycles. The van der Waals surface area contributed by atoms with Crippen LogP contribution >= 0.6 is 11.8 Å². The highest BCUT2D eigenvalue weighted by atomic mass is 32.2. The lowest BCUT2D eigenvalue weighted by molar-refractivity contribution is -0.384. The number of thioether (sulfide) groups is 1. The lowest BCUT2D eigenvalue weighted by Gasteiger charge is -2.43. The van der Waals surface area contributed by atoms with Crippen molar-refractivity contribution in [3.8, 4) is 0 Å². The van der Waals surface area contributed by atoms with Crippen LogP contribution in [-0.4, -0.2) is 63.8 Å². The molecule has 0 spiro atoms. The Bertz CT molecular complexity index is 936. The zero-order chi connectivity index (χ0) is 22.5. The van der Waals surface area contributed by atoms with Gasteiger partial charge >= 0.3 is 16.4 Å². The molecule has 30 heavy (non-hydrogen) atoms. The van der Waals surface area contributed by atoms with Gasteiger partial charge in [0.1, 0.15) is 18.0 Å². The normalized spacial score (nSPS) is 18.3. The molecule has 0 bridgehead atoms. The second kappa shape index (κ2) is 9.73. The van der Waals surface area contributed by atoms with Gasteiger partial charge in [0, 0.05) is 31.4 Å². The maximum Gasteiger partial charge on any atom is 0.408 e. The highest BCUT2D eigenvalue weighted by molar-refractivity contribution is 8.00. The van der Waals surface area contributed by atoms with Gasteiger partial charge in [-0.3, -0.25) is 24.3 Å². The van der Waals surface area contributed by atoms with Crippen molar-refractivity contribution in [3.63, 3.8) is 0 Å². The fraction of sp³-hybridized carbons (Fsp3) is 0.400. The fourth-order valence-corrected chi connectivity index (χ4v) is 4.73. The number of hydrogen-bond acceptors (Lipinski definition) is 9. The molecular formula is C15H18N4O9S2. The van der Waals surface area contributed by atoms with Crippen molar-refractivity contribution in [3.05, 3.63) is 39.9 Å². The van der Waals surface area contributed by atoms with Gasteiger partial charge in [-0.1, -0.05) is 0 Å². The number of nitrogens with one attached hydrogen (secondary N) is 2. The van der Waals surface area contributed by atoms with Crippen LogP contribution in [0.5, 0.6) is 0 Å². The molecule has 0 radical (unpaired) electrons. The summed E-state index contributed by atoms with van der Waals surface area (Å²) in [5, 5.41) is 14.2. The van der Waals surface area contributed by atoms with Crippen LogP contribution < -0.4 is 10.6 Å². The largest absolute Gasteiger partial charge is 0.445 e. The standard InChI is InChI=1S/C15H18N4O9S2/c1-9(20)16-6-7-29-14-12(13(21)18(14)30(25,26)27)17-15(22)28-8-10-2-4-11(5-3-10)19(23)24/h2-5,12,14H,6-8H2,1H3,(H,16,20)(H,17,22)(H,25,26,27)/t12-,14+/m1/s1. The third kappa shape index (κ3) is 6.04. The van der Waals surface area contributed by atoms with Gasteiger partial charge in [0.05, 0.1) is 4.92 Å². The van der Waals surface area contributed by atoms with Crippen LogP contribution in [0.3, 0.4) is 0 Å². The molecular weight excluding hydrogens is 444 g/mol. The third-order valence-corrected chi connectivity index (χ3v) is 6.11. The molecule has 15 heteroatoms. The number of rotatable bonds is 9. The average molecular weight is 462 g/mol. The van der Waals surface area contributed by atoms with Crippen LogP contribution in [0.25, 0.3) is 0 Å². The number of non-ortho nitro benzene ring substituents is 1. The number of amides is 3. The summed E-state index contributed by atoms with van der Waals surface area (Å²) in [4.78, 5) is 44.9. The molecule has 1 fully saturated rings. The predicted octanol–water partition coefficient (Wildman–Crippen LogP) is 0.0300. The number of nitrogens with zero attached hydrogens (tertiary/aromatic N) is 2. The molecule has 0 aromatic heterocycles. The molecule has 1 aliphatic heterocycles. The first-order chi connectivity index (χ1) is 14.0. The van der Waals surface area contributed by atoms with E-state index >= 15 is 0 Å². The van der Waals surface area contributed by atoms with Gasteiger partial charge in [-0.15, -0.1) is 11.8 Å². The minimum absolute atomic E-state index is 0.132. The Balaban J connectivity index is 1.92. The number of hydrogen-bond donors (Lipinski definition) is 3. The summed E-state index contributed by atoms with van der Waals surface area (Å²) in [5.41, 5.74) is 0.323. The molecule has 2 atom stereocenters. The van der Waals surface area contributed by atoms with Crippen molar-refractivity contribution in [2.45, 2.75) is 24.9 Å². The molecule has 2 rings (SSSR count). The number of alkyl carbamates (subject to hydrolysis) is 1. The summed E-state index contributed by atoms with van der Waals surface area (Å²) in [6.07, 6.45) is -1.02. The Morgan fingerprint density at radius 1 is 1.33 bits per heavy atom. The van der Waals surface area contributed by atoms with Crippen LogP contribution in [0.4, 0.5) is 10.5 Å². The number of nitro benzene ring substituents is 1. The zero-order valence-electron chi connectivity index (χ0n) is 15.5. The number of ether oxygens (including phenoxy) is 1. The lowest BCUT2D eigenvalue weighted by atomic mass is 10.1. The van der Waals surface area contributed by atoms with Crippen molar-refractivity contribution in [2.75, 3.05) is 12.3 Å². The quantitative estimate of drug-likeness (QED) is 0.149. The molecule has 164 valence electrons. The summed E-state index contributed by atoms with van der Waals surface area (Å²) in [6, 6.07) is 3.98. The molecule has 1 saturated heterocycles. The van der Waals surface area contributed by atoms with Crippen molar-refractivity contribution in [2.24, 2.45) is 0 Å².